The molecule has 0 bridgehead atoms. The molecule has 0 saturated carbocycles. The minimum absolute atomic E-state index is 0.0978. The summed E-state index contributed by atoms with van der Waals surface area (Å²) < 4.78 is -1.12. The van der Waals surface area contributed by atoms with Gasteiger partial charge in [0.2, 0.25) is 0 Å². The van der Waals surface area contributed by atoms with Crippen LogP contribution in [0.15, 0.2) is 48.6 Å². The lowest BCUT2D eigenvalue weighted by molar-refractivity contribution is 0.365. The number of rotatable bonds is 3. The van der Waals surface area contributed by atoms with Gasteiger partial charge in [-0.1, -0.05) is 55.5 Å². The van der Waals surface area contributed by atoms with Crippen molar-refractivity contribution in [2.75, 3.05) is 0 Å². The minimum Gasteiger partial charge on any atom is -0.426 e. The lowest BCUT2D eigenvalue weighted by atomic mass is 9.61. The van der Waals surface area contributed by atoms with Crippen molar-refractivity contribution in [1.29, 1.82) is 0 Å². The summed E-state index contributed by atoms with van der Waals surface area (Å²) in [4.78, 5) is 0. The van der Waals surface area contributed by atoms with E-state index in [0.717, 1.165) is 17.6 Å². The van der Waals surface area contributed by atoms with Crippen molar-refractivity contribution in [3.8, 4) is 0 Å². The van der Waals surface area contributed by atoms with Gasteiger partial charge in [-0.3, -0.25) is 0 Å². The molecule has 1 aromatic carbocycles. The van der Waals surface area contributed by atoms with Crippen molar-refractivity contribution in [3.63, 3.8) is 0 Å². The molecule has 1 aromatic rings. The standard InChI is InChI=1S/C14H16BClO2/c1-2-13-10-12(11-6-4-3-5-7-11)8-9-14(13,16)15(17)18/h3-10,13,17-18H,2H2,1H3. The molecule has 2 rings (SSSR count). The quantitative estimate of drug-likeness (QED) is 0.649. The molecule has 0 fully saturated rings. The van der Waals surface area contributed by atoms with Crippen molar-refractivity contribution in [1.82, 2.24) is 0 Å². The van der Waals surface area contributed by atoms with Crippen LogP contribution >= 0.6 is 11.6 Å². The fraction of sp³-hybridized carbons (Fsp3) is 0.286. The first-order valence-electron chi connectivity index (χ1n) is 6.09. The molecule has 0 aliphatic heterocycles. The summed E-state index contributed by atoms with van der Waals surface area (Å²) in [6, 6.07) is 9.99. The Hall–Kier alpha value is -1.03. The van der Waals surface area contributed by atoms with Crippen LogP contribution in [0.5, 0.6) is 0 Å². The highest BCUT2D eigenvalue weighted by molar-refractivity contribution is 6.62. The first-order valence-corrected chi connectivity index (χ1v) is 6.47. The topological polar surface area (TPSA) is 40.5 Å². The van der Waals surface area contributed by atoms with Crippen LogP contribution in [0.1, 0.15) is 18.9 Å². The summed E-state index contributed by atoms with van der Waals surface area (Å²) in [6.45, 7) is 1.99. The molecule has 2 atom stereocenters. The molecule has 4 heteroatoms. The highest BCUT2D eigenvalue weighted by Crippen LogP contribution is 2.38. The highest BCUT2D eigenvalue weighted by Gasteiger charge is 2.44. The van der Waals surface area contributed by atoms with Gasteiger partial charge in [-0.15, -0.1) is 11.6 Å². The van der Waals surface area contributed by atoms with Gasteiger partial charge in [0, 0.05) is 0 Å². The van der Waals surface area contributed by atoms with Crippen LogP contribution in [0, 0.1) is 5.92 Å². The number of hydrogen-bond donors (Lipinski definition) is 2. The molecule has 0 aromatic heterocycles. The van der Waals surface area contributed by atoms with Crippen LogP contribution in [0.2, 0.25) is 0 Å². The molecule has 0 spiro atoms. The number of allylic oxidation sites excluding steroid dienone is 4. The molecular formula is C14H16BClO2. The Morgan fingerprint density at radius 1 is 1.28 bits per heavy atom. The first kappa shape index (κ1) is 13.4. The zero-order valence-corrected chi connectivity index (χ0v) is 11.0. The molecule has 0 radical (unpaired) electrons. The summed E-state index contributed by atoms with van der Waals surface area (Å²) in [5.74, 6) is -0.0978. The summed E-state index contributed by atoms with van der Waals surface area (Å²) in [5, 5.41) is 18.9. The van der Waals surface area contributed by atoms with Crippen molar-refractivity contribution < 1.29 is 10.0 Å². The fourth-order valence-electron chi connectivity index (χ4n) is 2.27. The monoisotopic (exact) mass is 262 g/mol. The Kier molecular flexibility index (Phi) is 3.95. The van der Waals surface area contributed by atoms with E-state index in [1.165, 1.54) is 0 Å². The maximum absolute atomic E-state index is 9.44. The Morgan fingerprint density at radius 2 is 1.94 bits per heavy atom. The summed E-state index contributed by atoms with van der Waals surface area (Å²) in [7, 11) is -1.56. The maximum atomic E-state index is 9.44. The Morgan fingerprint density at radius 3 is 2.50 bits per heavy atom. The highest BCUT2D eigenvalue weighted by atomic mass is 35.5. The molecular weight excluding hydrogens is 246 g/mol. The molecule has 1 aliphatic rings. The van der Waals surface area contributed by atoms with Gasteiger partial charge in [0.1, 0.15) is 4.77 Å². The van der Waals surface area contributed by atoms with Crippen LogP contribution in [0.25, 0.3) is 5.57 Å². The average Bonchev–Trinajstić information content (AvgIpc) is 2.40. The zero-order valence-electron chi connectivity index (χ0n) is 10.3. The Bertz CT molecular complexity index is 470. The lowest BCUT2D eigenvalue weighted by Gasteiger charge is -2.32. The maximum Gasteiger partial charge on any atom is 0.478 e. The number of benzene rings is 1. The van der Waals surface area contributed by atoms with E-state index in [2.05, 4.69) is 0 Å². The van der Waals surface area contributed by atoms with Crippen LogP contribution in [0.3, 0.4) is 0 Å². The zero-order chi connectivity index (χ0) is 13.2. The van der Waals surface area contributed by atoms with E-state index in [1.54, 1.807) is 6.08 Å². The molecule has 2 unspecified atom stereocenters. The molecule has 0 amide bonds. The van der Waals surface area contributed by atoms with E-state index in [9.17, 15) is 10.0 Å². The second kappa shape index (κ2) is 5.31. The second-order valence-corrected chi connectivity index (χ2v) is 5.19. The summed E-state index contributed by atoms with van der Waals surface area (Å²) >= 11 is 6.30. The van der Waals surface area contributed by atoms with Crippen molar-refractivity contribution >= 4 is 24.3 Å². The number of hydrogen-bond acceptors (Lipinski definition) is 2. The molecule has 0 heterocycles. The van der Waals surface area contributed by atoms with E-state index < -0.39 is 11.9 Å². The van der Waals surface area contributed by atoms with Gasteiger partial charge >= 0.3 is 7.12 Å². The third kappa shape index (κ3) is 2.39. The van der Waals surface area contributed by atoms with Crippen LogP contribution in [-0.4, -0.2) is 21.9 Å². The van der Waals surface area contributed by atoms with Crippen LogP contribution < -0.4 is 0 Å². The van der Waals surface area contributed by atoms with Gasteiger partial charge < -0.3 is 10.0 Å². The van der Waals surface area contributed by atoms with E-state index in [0.29, 0.717) is 0 Å². The van der Waals surface area contributed by atoms with Gasteiger partial charge in [-0.05, 0) is 23.5 Å². The SMILES string of the molecule is CCC1C=C(c2ccccc2)C=CC1(Cl)B(O)O. The molecule has 1 aliphatic carbocycles. The fourth-order valence-corrected chi connectivity index (χ4v) is 2.55. The van der Waals surface area contributed by atoms with Gasteiger partial charge in [0.05, 0.1) is 0 Å². The predicted molar refractivity (Wildman–Crippen MR) is 76.1 cm³/mol. The normalized spacial score (nSPS) is 26.9. The van der Waals surface area contributed by atoms with Crippen LogP contribution in [0.4, 0.5) is 0 Å². The van der Waals surface area contributed by atoms with Gasteiger partial charge in [-0.25, -0.2) is 0 Å². The first-order chi connectivity index (χ1) is 8.58. The molecule has 0 saturated heterocycles. The second-order valence-electron chi connectivity index (χ2n) is 4.54. The molecule has 2 nitrogen and oxygen atoms in total. The van der Waals surface area contributed by atoms with E-state index in [-0.39, 0.29) is 5.92 Å². The summed E-state index contributed by atoms with van der Waals surface area (Å²) in [5.41, 5.74) is 2.18. The molecule has 2 N–H and O–H groups in total. The lowest BCUT2D eigenvalue weighted by Crippen LogP contribution is -2.46. The van der Waals surface area contributed by atoms with Crippen molar-refractivity contribution in [2.45, 2.75) is 18.1 Å². The third-order valence-corrected chi connectivity index (χ3v) is 4.01. The Balaban J connectivity index is 2.34. The Labute approximate surface area is 113 Å². The van der Waals surface area contributed by atoms with E-state index in [4.69, 9.17) is 11.6 Å². The van der Waals surface area contributed by atoms with Crippen molar-refractivity contribution in [3.05, 3.63) is 54.1 Å². The minimum atomic E-state index is -1.56. The van der Waals surface area contributed by atoms with Gasteiger partial charge in [0.15, 0.2) is 0 Å². The third-order valence-electron chi connectivity index (χ3n) is 3.41. The molecule has 18 heavy (non-hydrogen) atoms. The molecule has 94 valence electrons. The number of alkyl halides is 1. The predicted octanol–water partition coefficient (Wildman–Crippen LogP) is 2.66. The van der Waals surface area contributed by atoms with E-state index >= 15 is 0 Å². The van der Waals surface area contributed by atoms with Gasteiger partial charge in [0.25, 0.3) is 0 Å². The smallest absolute Gasteiger partial charge is 0.426 e. The largest absolute Gasteiger partial charge is 0.478 e. The van der Waals surface area contributed by atoms with Gasteiger partial charge in [-0.2, -0.15) is 0 Å². The van der Waals surface area contributed by atoms with E-state index in [1.807, 2.05) is 49.4 Å². The summed E-state index contributed by atoms with van der Waals surface area (Å²) in [6.07, 6.45) is 6.31. The van der Waals surface area contributed by atoms with Crippen LogP contribution in [-0.2, 0) is 0 Å². The van der Waals surface area contributed by atoms with Crippen molar-refractivity contribution in [2.24, 2.45) is 5.92 Å². The average molecular weight is 263 g/mol. The number of halogens is 1.